The molecule has 1 heterocycles. The van der Waals surface area contributed by atoms with E-state index in [4.69, 9.17) is 4.74 Å². The van der Waals surface area contributed by atoms with Crippen molar-refractivity contribution >= 4 is 17.4 Å². The zero-order valence-corrected chi connectivity index (χ0v) is 14.3. The second kappa shape index (κ2) is 7.24. The van der Waals surface area contributed by atoms with E-state index in [0.29, 0.717) is 12.2 Å². The van der Waals surface area contributed by atoms with Gasteiger partial charge in [-0.1, -0.05) is 78.9 Å². The van der Waals surface area contributed by atoms with Gasteiger partial charge in [-0.2, -0.15) is 0 Å². The van der Waals surface area contributed by atoms with Gasteiger partial charge in [-0.15, -0.1) is 0 Å². The molecule has 0 aliphatic carbocycles. The molecule has 4 rings (SSSR count). The van der Waals surface area contributed by atoms with Crippen molar-refractivity contribution in [2.24, 2.45) is 0 Å². The van der Waals surface area contributed by atoms with Gasteiger partial charge in [0.05, 0.1) is 0 Å². The van der Waals surface area contributed by atoms with Gasteiger partial charge >= 0.3 is 0 Å². The maximum absolute atomic E-state index is 12.6. The molecule has 3 aromatic carbocycles. The first-order valence-corrected chi connectivity index (χ1v) is 8.62. The van der Waals surface area contributed by atoms with E-state index in [1.54, 1.807) is 6.08 Å². The summed E-state index contributed by atoms with van der Waals surface area (Å²) in [4.78, 5) is 12.6. The molecular weight excluding hydrogens is 320 g/mol. The number of rotatable bonds is 4. The fourth-order valence-corrected chi connectivity index (χ4v) is 3.04. The highest BCUT2D eigenvalue weighted by Crippen LogP contribution is 2.36. The van der Waals surface area contributed by atoms with Crippen LogP contribution in [0.15, 0.2) is 96.8 Å². The Morgan fingerprint density at radius 1 is 0.808 bits per heavy atom. The van der Waals surface area contributed by atoms with E-state index in [1.165, 1.54) is 0 Å². The van der Waals surface area contributed by atoms with Crippen molar-refractivity contribution < 1.29 is 9.53 Å². The molecule has 0 unspecified atom stereocenters. The van der Waals surface area contributed by atoms with Crippen LogP contribution in [0.25, 0.3) is 11.6 Å². The Kier molecular flexibility index (Phi) is 4.48. The Balaban J connectivity index is 1.70. The number of hydrogen-bond donors (Lipinski definition) is 0. The third kappa shape index (κ3) is 3.50. The minimum absolute atomic E-state index is 0.0208. The maximum atomic E-state index is 12.6. The van der Waals surface area contributed by atoms with Gasteiger partial charge in [0.25, 0.3) is 0 Å². The van der Waals surface area contributed by atoms with Gasteiger partial charge < -0.3 is 4.74 Å². The van der Waals surface area contributed by atoms with Crippen molar-refractivity contribution in [3.63, 3.8) is 0 Å². The third-order valence-corrected chi connectivity index (χ3v) is 4.30. The van der Waals surface area contributed by atoms with Crippen LogP contribution in [0.5, 0.6) is 5.75 Å². The molecule has 2 nitrogen and oxygen atoms in total. The minimum atomic E-state index is 0.0208. The lowest BCUT2D eigenvalue weighted by Gasteiger charge is -2.21. The summed E-state index contributed by atoms with van der Waals surface area (Å²) in [5.74, 6) is 1.38. The summed E-state index contributed by atoms with van der Waals surface area (Å²) in [7, 11) is 0. The monoisotopic (exact) mass is 338 g/mol. The number of allylic oxidation sites excluding steroid dienone is 2. The molecule has 1 aliphatic heterocycles. The Bertz CT molecular complexity index is 983. The SMILES string of the molecule is O=C(/C=C1\Oc2ccccc2C=C1c1ccccc1)Cc1ccccc1. The van der Waals surface area contributed by atoms with Gasteiger partial charge in [-0.25, -0.2) is 0 Å². The molecule has 0 fully saturated rings. The highest BCUT2D eigenvalue weighted by Gasteiger charge is 2.19. The van der Waals surface area contributed by atoms with Gasteiger partial charge in [0.2, 0.25) is 0 Å². The van der Waals surface area contributed by atoms with Gasteiger partial charge in [0, 0.05) is 23.6 Å². The van der Waals surface area contributed by atoms with E-state index in [1.807, 2.05) is 84.9 Å². The first kappa shape index (κ1) is 16.1. The van der Waals surface area contributed by atoms with Crippen molar-refractivity contribution in [3.05, 3.63) is 113 Å². The molecule has 26 heavy (non-hydrogen) atoms. The Labute approximate surface area is 153 Å². The fraction of sp³-hybridized carbons (Fsp3) is 0.0417. The number of carbonyl (C=O) groups excluding carboxylic acids is 1. The number of para-hydroxylation sites is 1. The summed E-state index contributed by atoms with van der Waals surface area (Å²) in [5.41, 5.74) is 3.96. The van der Waals surface area contributed by atoms with Crippen molar-refractivity contribution in [2.45, 2.75) is 6.42 Å². The Morgan fingerprint density at radius 3 is 2.23 bits per heavy atom. The molecule has 0 radical (unpaired) electrons. The summed E-state index contributed by atoms with van der Waals surface area (Å²) in [6, 6.07) is 27.6. The van der Waals surface area contributed by atoms with E-state index in [-0.39, 0.29) is 5.78 Å². The van der Waals surface area contributed by atoms with Crippen LogP contribution in [0.3, 0.4) is 0 Å². The molecule has 2 heteroatoms. The standard InChI is InChI=1S/C24H18O2/c25-21(15-18-9-3-1-4-10-18)17-24-22(19-11-5-2-6-12-19)16-20-13-7-8-14-23(20)26-24/h1-14,16-17H,15H2/b24-17-. The van der Waals surface area contributed by atoms with Crippen LogP contribution in [0, 0.1) is 0 Å². The first-order valence-electron chi connectivity index (χ1n) is 8.62. The van der Waals surface area contributed by atoms with Crippen LogP contribution < -0.4 is 4.74 Å². The zero-order valence-electron chi connectivity index (χ0n) is 14.3. The lowest BCUT2D eigenvalue weighted by atomic mass is 9.97. The lowest BCUT2D eigenvalue weighted by molar-refractivity contribution is -0.114. The van der Waals surface area contributed by atoms with Crippen LogP contribution in [0.2, 0.25) is 0 Å². The van der Waals surface area contributed by atoms with Crippen LogP contribution in [0.4, 0.5) is 0 Å². The molecule has 0 spiro atoms. The lowest BCUT2D eigenvalue weighted by Crippen LogP contribution is -2.09. The summed E-state index contributed by atoms with van der Waals surface area (Å²) < 4.78 is 6.08. The summed E-state index contributed by atoms with van der Waals surface area (Å²) >= 11 is 0. The van der Waals surface area contributed by atoms with Crippen molar-refractivity contribution in [3.8, 4) is 5.75 Å². The quantitative estimate of drug-likeness (QED) is 0.602. The number of ether oxygens (including phenoxy) is 1. The van der Waals surface area contributed by atoms with E-state index >= 15 is 0 Å². The predicted octanol–water partition coefficient (Wildman–Crippen LogP) is 5.32. The van der Waals surface area contributed by atoms with Crippen molar-refractivity contribution in [1.82, 2.24) is 0 Å². The molecule has 0 saturated heterocycles. The predicted molar refractivity (Wildman–Crippen MR) is 105 cm³/mol. The number of benzene rings is 3. The second-order valence-corrected chi connectivity index (χ2v) is 6.20. The smallest absolute Gasteiger partial charge is 0.163 e. The maximum Gasteiger partial charge on any atom is 0.163 e. The van der Waals surface area contributed by atoms with Crippen LogP contribution in [-0.2, 0) is 11.2 Å². The van der Waals surface area contributed by atoms with Gasteiger partial charge in [0.1, 0.15) is 11.5 Å². The van der Waals surface area contributed by atoms with E-state index in [9.17, 15) is 4.79 Å². The van der Waals surface area contributed by atoms with Crippen molar-refractivity contribution in [1.29, 1.82) is 0 Å². The number of carbonyl (C=O) groups is 1. The van der Waals surface area contributed by atoms with Crippen molar-refractivity contribution in [2.75, 3.05) is 0 Å². The molecular formula is C24H18O2. The summed E-state index contributed by atoms with van der Waals surface area (Å²) in [6.45, 7) is 0. The molecule has 0 saturated carbocycles. The minimum Gasteiger partial charge on any atom is -0.456 e. The molecule has 126 valence electrons. The molecule has 3 aromatic rings. The van der Waals surface area contributed by atoms with E-state index in [0.717, 1.165) is 28.0 Å². The zero-order chi connectivity index (χ0) is 17.8. The second-order valence-electron chi connectivity index (χ2n) is 6.20. The molecule has 0 aromatic heterocycles. The van der Waals surface area contributed by atoms with Crippen LogP contribution in [0.1, 0.15) is 16.7 Å². The van der Waals surface area contributed by atoms with E-state index in [2.05, 4.69) is 6.08 Å². The topological polar surface area (TPSA) is 26.3 Å². The molecule has 0 N–H and O–H groups in total. The Morgan fingerprint density at radius 2 is 1.46 bits per heavy atom. The Hall–Kier alpha value is -3.39. The van der Waals surface area contributed by atoms with Gasteiger partial charge in [-0.05, 0) is 23.3 Å². The highest BCUT2D eigenvalue weighted by atomic mass is 16.5. The van der Waals surface area contributed by atoms with Crippen LogP contribution >= 0.6 is 0 Å². The molecule has 1 aliphatic rings. The highest BCUT2D eigenvalue weighted by molar-refractivity contribution is 6.00. The average Bonchev–Trinajstić information content (AvgIpc) is 2.69. The summed E-state index contributed by atoms with van der Waals surface area (Å²) in [5, 5.41) is 0. The third-order valence-electron chi connectivity index (χ3n) is 4.30. The number of fused-ring (bicyclic) bond motifs is 1. The summed E-state index contributed by atoms with van der Waals surface area (Å²) in [6.07, 6.45) is 4.05. The van der Waals surface area contributed by atoms with Gasteiger partial charge in [0.15, 0.2) is 5.78 Å². The fourth-order valence-electron chi connectivity index (χ4n) is 3.04. The van der Waals surface area contributed by atoms with Crippen LogP contribution in [-0.4, -0.2) is 5.78 Å². The van der Waals surface area contributed by atoms with E-state index < -0.39 is 0 Å². The molecule has 0 amide bonds. The number of ketones is 1. The largest absolute Gasteiger partial charge is 0.456 e. The average molecular weight is 338 g/mol. The normalized spacial score (nSPS) is 14.3. The number of hydrogen-bond acceptors (Lipinski definition) is 2. The molecule has 0 atom stereocenters. The molecule has 0 bridgehead atoms. The first-order chi connectivity index (χ1) is 12.8. The van der Waals surface area contributed by atoms with Gasteiger partial charge in [-0.3, -0.25) is 4.79 Å².